The van der Waals surface area contributed by atoms with Gasteiger partial charge in [0.05, 0.1) is 19.8 Å². The second-order valence-corrected chi connectivity index (χ2v) is 9.18. The fourth-order valence-corrected chi connectivity index (χ4v) is 4.03. The Hall–Kier alpha value is -4.04. The average Bonchev–Trinajstić information content (AvgIpc) is 2.97. The fraction of sp³-hybridized carbons (Fsp3) is 0.375. The molecule has 40 heavy (non-hydrogen) atoms. The molecule has 3 aromatic carbocycles. The monoisotopic (exact) mass is 549 g/mol. The van der Waals surface area contributed by atoms with Crippen LogP contribution < -0.4 is 9.47 Å². The molecule has 0 aliphatic rings. The van der Waals surface area contributed by atoms with Gasteiger partial charge in [0.25, 0.3) is 0 Å². The van der Waals surface area contributed by atoms with Crippen molar-refractivity contribution in [1.82, 2.24) is 4.90 Å². The van der Waals surface area contributed by atoms with Gasteiger partial charge < -0.3 is 29.0 Å². The van der Waals surface area contributed by atoms with Gasteiger partial charge in [-0.3, -0.25) is 0 Å². The van der Waals surface area contributed by atoms with Crippen LogP contribution in [0.2, 0.25) is 0 Å². The van der Waals surface area contributed by atoms with Crippen LogP contribution >= 0.6 is 0 Å². The number of ether oxygens (including phenoxy) is 4. The van der Waals surface area contributed by atoms with Crippen LogP contribution in [0.15, 0.2) is 84.9 Å². The lowest BCUT2D eigenvalue weighted by molar-refractivity contribution is -0.149. The second-order valence-electron chi connectivity index (χ2n) is 9.18. The quantitative estimate of drug-likeness (QED) is 0.205. The summed E-state index contributed by atoms with van der Waals surface area (Å²) in [5, 5.41) is 9.29. The lowest BCUT2D eigenvalue weighted by atomic mass is 10.1. The topological polar surface area (TPSA) is 94.5 Å². The van der Waals surface area contributed by atoms with Gasteiger partial charge in [-0.2, -0.15) is 0 Å². The molecule has 1 N–H and O–H groups in total. The molecule has 1 amide bonds. The van der Waals surface area contributed by atoms with Crippen molar-refractivity contribution in [3.63, 3.8) is 0 Å². The maximum absolute atomic E-state index is 12.9. The Morgan fingerprint density at radius 2 is 1.40 bits per heavy atom. The second kappa shape index (κ2) is 17.5. The minimum atomic E-state index is -0.982. The van der Waals surface area contributed by atoms with Gasteiger partial charge in [0.15, 0.2) is 6.10 Å². The van der Waals surface area contributed by atoms with Crippen molar-refractivity contribution >= 4 is 12.1 Å². The van der Waals surface area contributed by atoms with E-state index in [4.69, 9.17) is 18.9 Å². The molecule has 0 saturated heterocycles. The van der Waals surface area contributed by atoms with Crippen molar-refractivity contribution in [2.24, 2.45) is 0 Å². The zero-order valence-corrected chi connectivity index (χ0v) is 23.1. The molecule has 3 aromatic rings. The Labute approximate surface area is 236 Å². The number of hydrogen-bond donors (Lipinski definition) is 1. The molecule has 1 unspecified atom stereocenters. The van der Waals surface area contributed by atoms with Crippen LogP contribution in [-0.4, -0.2) is 67.7 Å². The minimum Gasteiger partial charge on any atom is -0.494 e. The number of para-hydroxylation sites is 1. The molecule has 1 atom stereocenters. The Morgan fingerprint density at radius 3 is 2.08 bits per heavy atom. The molecule has 3 rings (SSSR count). The Morgan fingerprint density at radius 1 is 0.750 bits per heavy atom. The first-order valence-corrected chi connectivity index (χ1v) is 13.7. The predicted molar refractivity (Wildman–Crippen MR) is 153 cm³/mol. The van der Waals surface area contributed by atoms with E-state index < -0.39 is 12.1 Å². The van der Waals surface area contributed by atoms with Gasteiger partial charge in [-0.05, 0) is 55.2 Å². The largest absolute Gasteiger partial charge is 0.494 e. The van der Waals surface area contributed by atoms with Crippen molar-refractivity contribution < 1.29 is 33.6 Å². The zero-order chi connectivity index (χ0) is 28.4. The van der Waals surface area contributed by atoms with Crippen LogP contribution in [0.25, 0.3) is 0 Å². The van der Waals surface area contributed by atoms with E-state index in [1.54, 1.807) is 24.0 Å². The molecular weight excluding hydrogens is 510 g/mol. The summed E-state index contributed by atoms with van der Waals surface area (Å²) in [6.07, 6.45) is 1.25. The molecule has 0 saturated carbocycles. The molecule has 0 radical (unpaired) electrons. The highest BCUT2D eigenvalue weighted by Crippen LogP contribution is 2.15. The minimum absolute atomic E-state index is 0.278. The highest BCUT2D eigenvalue weighted by Gasteiger charge is 2.18. The number of hydrogen-bond acceptors (Lipinski definition) is 6. The third-order valence-electron chi connectivity index (χ3n) is 6.17. The van der Waals surface area contributed by atoms with Crippen molar-refractivity contribution in [1.29, 1.82) is 0 Å². The molecule has 0 heterocycles. The van der Waals surface area contributed by atoms with Crippen molar-refractivity contribution in [3.8, 4) is 11.5 Å². The highest BCUT2D eigenvalue weighted by molar-refractivity contribution is 5.72. The van der Waals surface area contributed by atoms with E-state index in [1.807, 2.05) is 72.8 Å². The molecule has 8 heteroatoms. The molecular formula is C32H39NO7. The van der Waals surface area contributed by atoms with E-state index in [1.165, 1.54) is 0 Å². The third kappa shape index (κ3) is 11.4. The van der Waals surface area contributed by atoms with Crippen molar-refractivity contribution in [2.75, 3.05) is 39.5 Å². The number of amides is 1. The molecule has 8 nitrogen and oxygen atoms in total. The SMILES string of the molecule is CCOC(Cc1ccc(OCCN(CCCCOc2ccccc2)C(=O)OCCc2ccccc2)cc1)C(=O)O. The predicted octanol–water partition coefficient (Wildman–Crippen LogP) is 5.64. The van der Waals surface area contributed by atoms with Crippen LogP contribution in [-0.2, 0) is 27.1 Å². The summed E-state index contributed by atoms with van der Waals surface area (Å²) in [4.78, 5) is 25.9. The number of carboxylic acids is 1. The molecule has 0 aromatic heterocycles. The number of nitrogens with zero attached hydrogens (tertiary/aromatic N) is 1. The molecule has 0 spiro atoms. The maximum Gasteiger partial charge on any atom is 0.409 e. The van der Waals surface area contributed by atoms with Gasteiger partial charge in [-0.25, -0.2) is 9.59 Å². The number of aliphatic carboxylic acids is 1. The first kappa shape index (κ1) is 30.5. The molecule has 0 fully saturated rings. The summed E-state index contributed by atoms with van der Waals surface area (Å²) < 4.78 is 22.5. The number of unbranched alkanes of at least 4 members (excludes halogenated alkanes) is 1. The number of benzene rings is 3. The van der Waals surface area contributed by atoms with Crippen LogP contribution in [0, 0.1) is 0 Å². The maximum atomic E-state index is 12.9. The Kier molecular flexibility index (Phi) is 13.4. The van der Waals surface area contributed by atoms with E-state index in [9.17, 15) is 14.7 Å². The van der Waals surface area contributed by atoms with E-state index in [0.29, 0.717) is 51.7 Å². The van der Waals surface area contributed by atoms with Gasteiger partial charge in [-0.1, -0.05) is 60.7 Å². The zero-order valence-electron chi connectivity index (χ0n) is 23.1. The van der Waals surface area contributed by atoms with Gasteiger partial charge in [0, 0.05) is 26.0 Å². The summed E-state index contributed by atoms with van der Waals surface area (Å²) in [6, 6.07) is 26.8. The summed E-state index contributed by atoms with van der Waals surface area (Å²) >= 11 is 0. The lowest BCUT2D eigenvalue weighted by Gasteiger charge is -2.22. The lowest BCUT2D eigenvalue weighted by Crippen LogP contribution is -2.36. The van der Waals surface area contributed by atoms with Gasteiger partial charge in [0.2, 0.25) is 0 Å². The average molecular weight is 550 g/mol. The van der Waals surface area contributed by atoms with Crippen LogP contribution in [0.5, 0.6) is 11.5 Å². The number of carbonyl (C=O) groups is 2. The van der Waals surface area contributed by atoms with Gasteiger partial charge in [-0.15, -0.1) is 0 Å². The van der Waals surface area contributed by atoms with Crippen molar-refractivity contribution in [3.05, 3.63) is 96.1 Å². The summed E-state index contributed by atoms with van der Waals surface area (Å²) in [6.45, 7) is 4.17. The van der Waals surface area contributed by atoms with E-state index >= 15 is 0 Å². The van der Waals surface area contributed by atoms with Crippen LogP contribution in [0.4, 0.5) is 4.79 Å². The number of rotatable bonds is 18. The van der Waals surface area contributed by atoms with E-state index in [-0.39, 0.29) is 12.5 Å². The number of carboxylic acid groups (broad SMARTS) is 1. The molecule has 0 aliphatic heterocycles. The highest BCUT2D eigenvalue weighted by atomic mass is 16.6. The van der Waals surface area contributed by atoms with E-state index in [2.05, 4.69) is 0 Å². The Bertz CT molecular complexity index is 1120. The smallest absolute Gasteiger partial charge is 0.409 e. The van der Waals surface area contributed by atoms with Crippen LogP contribution in [0.3, 0.4) is 0 Å². The third-order valence-corrected chi connectivity index (χ3v) is 6.17. The summed E-state index contributed by atoms with van der Waals surface area (Å²) in [5.74, 6) is 0.487. The fourth-order valence-electron chi connectivity index (χ4n) is 4.03. The van der Waals surface area contributed by atoms with Crippen LogP contribution in [0.1, 0.15) is 30.9 Å². The van der Waals surface area contributed by atoms with Gasteiger partial charge >= 0.3 is 12.1 Å². The molecule has 0 bridgehead atoms. The van der Waals surface area contributed by atoms with Gasteiger partial charge in [0.1, 0.15) is 18.1 Å². The standard InChI is InChI=1S/C32H39NO7/c1-2-37-30(31(34)35)25-27-15-17-29(18-16-27)39-24-21-33(20-9-10-22-38-28-13-7-4-8-14-28)32(36)40-23-19-26-11-5-3-6-12-26/h3-8,11-18,30H,2,9-10,19-25H2,1H3,(H,34,35). The number of carbonyl (C=O) groups excluding carboxylic acids is 1. The summed E-state index contributed by atoms with van der Waals surface area (Å²) in [5.41, 5.74) is 1.96. The summed E-state index contributed by atoms with van der Waals surface area (Å²) in [7, 11) is 0. The first-order chi connectivity index (χ1) is 19.5. The normalized spacial score (nSPS) is 11.4. The molecule has 0 aliphatic carbocycles. The van der Waals surface area contributed by atoms with Crippen molar-refractivity contribution in [2.45, 2.75) is 38.7 Å². The Balaban J connectivity index is 1.46. The van der Waals surface area contributed by atoms with E-state index in [0.717, 1.165) is 29.7 Å². The molecule has 214 valence electrons. The first-order valence-electron chi connectivity index (χ1n) is 13.7.